The number of hydrogen-bond acceptors (Lipinski definition) is 6. The molecule has 10 heteroatoms. The minimum atomic E-state index is -0.762. The van der Waals surface area contributed by atoms with Crippen molar-refractivity contribution in [1.29, 1.82) is 0 Å². The summed E-state index contributed by atoms with van der Waals surface area (Å²) in [5.41, 5.74) is 5.24. The van der Waals surface area contributed by atoms with Gasteiger partial charge in [0.15, 0.2) is 4.80 Å². The Kier molecular flexibility index (Phi) is 8.73. The molecule has 0 fully saturated rings. The summed E-state index contributed by atoms with van der Waals surface area (Å²) in [6.45, 7) is 8.69. The zero-order chi connectivity index (χ0) is 31.8. The number of thiazole rings is 1. The number of hydrogen-bond donors (Lipinski definition) is 0. The monoisotopic (exact) mass is 659 g/mol. The van der Waals surface area contributed by atoms with Crippen LogP contribution in [0.25, 0.3) is 17.0 Å². The molecule has 6 rings (SSSR count). The van der Waals surface area contributed by atoms with Crippen molar-refractivity contribution in [3.8, 4) is 5.75 Å². The molecule has 1 aliphatic rings. The number of aromatic nitrogens is 2. The highest BCUT2D eigenvalue weighted by molar-refractivity contribution is 7.07. The highest BCUT2D eigenvalue weighted by Gasteiger charge is 2.35. The molecule has 2 aromatic heterocycles. The summed E-state index contributed by atoms with van der Waals surface area (Å²) in [5.74, 6) is 0.0860. The second kappa shape index (κ2) is 12.7. The molecule has 1 aliphatic heterocycles. The van der Waals surface area contributed by atoms with Gasteiger partial charge >= 0.3 is 5.97 Å². The molecule has 0 spiro atoms. The van der Waals surface area contributed by atoms with Gasteiger partial charge < -0.3 is 14.0 Å². The predicted molar refractivity (Wildman–Crippen MR) is 180 cm³/mol. The zero-order valence-electron chi connectivity index (χ0n) is 25.3. The van der Waals surface area contributed by atoms with Crippen LogP contribution < -0.4 is 19.6 Å². The third-order valence-corrected chi connectivity index (χ3v) is 9.63. The van der Waals surface area contributed by atoms with Crippen LogP contribution in [0.15, 0.2) is 87.8 Å². The van der Waals surface area contributed by atoms with E-state index in [0.29, 0.717) is 55.1 Å². The van der Waals surface area contributed by atoms with Gasteiger partial charge in [0.05, 0.1) is 39.1 Å². The number of para-hydroxylation sites is 2. The van der Waals surface area contributed by atoms with Gasteiger partial charge in [0.1, 0.15) is 11.8 Å². The fourth-order valence-electron chi connectivity index (χ4n) is 5.87. The number of carbonyl (C=O) groups is 1. The molecule has 0 bridgehead atoms. The first-order valence-corrected chi connectivity index (χ1v) is 16.2. The largest absolute Gasteiger partial charge is 0.494 e. The van der Waals surface area contributed by atoms with E-state index < -0.39 is 12.0 Å². The van der Waals surface area contributed by atoms with E-state index in [2.05, 4.69) is 16.7 Å². The molecule has 45 heavy (non-hydrogen) atoms. The molecule has 1 atom stereocenters. The second-order valence-electron chi connectivity index (χ2n) is 10.6. The third-order valence-electron chi connectivity index (χ3n) is 7.91. The summed E-state index contributed by atoms with van der Waals surface area (Å²) in [4.78, 5) is 32.9. The van der Waals surface area contributed by atoms with Gasteiger partial charge in [-0.05, 0) is 63.6 Å². The number of allylic oxidation sites excluding steroid dienone is 1. The first-order chi connectivity index (χ1) is 21.7. The molecule has 0 saturated carbocycles. The van der Waals surface area contributed by atoms with E-state index in [0.717, 1.165) is 27.7 Å². The minimum Gasteiger partial charge on any atom is -0.494 e. The Morgan fingerprint density at radius 3 is 2.51 bits per heavy atom. The molecule has 0 aliphatic carbocycles. The van der Waals surface area contributed by atoms with E-state index in [4.69, 9.17) is 37.7 Å². The Hall–Kier alpha value is -4.11. The van der Waals surface area contributed by atoms with Gasteiger partial charge in [-0.15, -0.1) is 0 Å². The van der Waals surface area contributed by atoms with Crippen LogP contribution in [0.1, 0.15) is 49.2 Å². The average molecular weight is 661 g/mol. The number of ether oxygens (including phenoxy) is 2. The topological polar surface area (TPSA) is 74.8 Å². The molecule has 3 aromatic carbocycles. The number of halogens is 2. The van der Waals surface area contributed by atoms with E-state index in [1.54, 1.807) is 24.5 Å². The van der Waals surface area contributed by atoms with Crippen molar-refractivity contribution in [2.75, 3.05) is 13.2 Å². The molecule has 5 aromatic rings. The number of fused-ring (bicyclic) bond motifs is 2. The van der Waals surface area contributed by atoms with Crippen LogP contribution in [-0.2, 0) is 16.1 Å². The van der Waals surface area contributed by atoms with Crippen LogP contribution in [-0.4, -0.2) is 28.3 Å². The number of esters is 1. The van der Waals surface area contributed by atoms with Crippen molar-refractivity contribution in [3.05, 3.63) is 130 Å². The lowest BCUT2D eigenvalue weighted by Gasteiger charge is -2.26. The number of benzene rings is 3. The molecule has 0 unspecified atom stereocenters. The number of nitrogens with zero attached hydrogens (tertiary/aromatic N) is 3. The minimum absolute atomic E-state index is 0.200. The van der Waals surface area contributed by atoms with Crippen molar-refractivity contribution >= 4 is 57.5 Å². The van der Waals surface area contributed by atoms with Crippen LogP contribution in [0, 0.1) is 6.92 Å². The van der Waals surface area contributed by atoms with Gasteiger partial charge in [-0.2, -0.15) is 0 Å². The average Bonchev–Trinajstić information content (AvgIpc) is 3.47. The van der Waals surface area contributed by atoms with Gasteiger partial charge in [0.25, 0.3) is 5.56 Å². The van der Waals surface area contributed by atoms with Crippen molar-refractivity contribution in [3.63, 3.8) is 0 Å². The van der Waals surface area contributed by atoms with E-state index >= 15 is 0 Å². The fraction of sp³-hybridized carbons (Fsp3) is 0.229. The van der Waals surface area contributed by atoms with Crippen LogP contribution in [0.2, 0.25) is 10.0 Å². The first kappa shape index (κ1) is 30.9. The van der Waals surface area contributed by atoms with Gasteiger partial charge in [0.2, 0.25) is 0 Å². The Morgan fingerprint density at radius 1 is 1.00 bits per heavy atom. The van der Waals surface area contributed by atoms with Crippen molar-refractivity contribution in [2.24, 2.45) is 4.99 Å². The predicted octanol–water partition coefficient (Wildman–Crippen LogP) is 6.82. The fourth-order valence-corrected chi connectivity index (χ4v) is 7.22. The van der Waals surface area contributed by atoms with Gasteiger partial charge in [-0.3, -0.25) is 9.36 Å². The molecule has 230 valence electrons. The lowest BCUT2D eigenvalue weighted by atomic mass is 9.95. The van der Waals surface area contributed by atoms with E-state index in [-0.39, 0.29) is 12.2 Å². The van der Waals surface area contributed by atoms with E-state index in [9.17, 15) is 9.59 Å². The number of carbonyl (C=O) groups excluding carboxylic acids is 1. The lowest BCUT2D eigenvalue weighted by molar-refractivity contribution is -0.139. The molecule has 7 nitrogen and oxygen atoms in total. The Labute approximate surface area is 274 Å². The van der Waals surface area contributed by atoms with Crippen molar-refractivity contribution in [1.82, 2.24) is 9.13 Å². The summed E-state index contributed by atoms with van der Waals surface area (Å²) in [6, 6.07) is 20.5. The maximum absolute atomic E-state index is 14.4. The first-order valence-electron chi connectivity index (χ1n) is 14.7. The Bertz CT molecular complexity index is 2180. The summed E-state index contributed by atoms with van der Waals surface area (Å²) >= 11 is 13.8. The van der Waals surface area contributed by atoms with Gasteiger partial charge in [-0.25, -0.2) is 9.79 Å². The van der Waals surface area contributed by atoms with Crippen LogP contribution >= 0.6 is 34.5 Å². The van der Waals surface area contributed by atoms with Gasteiger partial charge in [0, 0.05) is 34.3 Å². The van der Waals surface area contributed by atoms with E-state index in [1.165, 1.54) is 11.3 Å². The smallest absolute Gasteiger partial charge is 0.338 e. The van der Waals surface area contributed by atoms with Crippen LogP contribution in [0.5, 0.6) is 5.75 Å². The number of rotatable bonds is 8. The summed E-state index contributed by atoms with van der Waals surface area (Å²) in [6.07, 6.45) is 1.93. The summed E-state index contributed by atoms with van der Waals surface area (Å²) in [5, 5.41) is 2.03. The zero-order valence-corrected chi connectivity index (χ0v) is 27.6. The van der Waals surface area contributed by atoms with Crippen molar-refractivity contribution < 1.29 is 14.3 Å². The molecular formula is C35H31Cl2N3O4S. The van der Waals surface area contributed by atoms with Crippen LogP contribution in [0.4, 0.5) is 0 Å². The Morgan fingerprint density at radius 2 is 1.76 bits per heavy atom. The molecule has 0 N–H and O–H groups in total. The molecule has 0 radical (unpaired) electrons. The normalized spacial score (nSPS) is 14.9. The van der Waals surface area contributed by atoms with Gasteiger partial charge in [-0.1, -0.05) is 77.0 Å². The maximum Gasteiger partial charge on any atom is 0.338 e. The SMILES string of the molecule is CCOC(=O)C1=C(C)N=c2s/c(=C\c3c(C)n(Cc4ccc(Cl)c(Cl)c4)c4ccccc34)c(=O)n2[C@@H]1c1ccccc1OCC. The van der Waals surface area contributed by atoms with E-state index in [1.807, 2.05) is 68.5 Å². The highest BCUT2D eigenvalue weighted by Crippen LogP contribution is 2.36. The van der Waals surface area contributed by atoms with Crippen molar-refractivity contribution in [2.45, 2.75) is 40.3 Å². The lowest BCUT2D eigenvalue weighted by Crippen LogP contribution is -2.40. The third kappa shape index (κ3) is 5.63. The maximum atomic E-state index is 14.4. The summed E-state index contributed by atoms with van der Waals surface area (Å²) < 4.78 is 15.7. The van der Waals surface area contributed by atoms with Crippen LogP contribution in [0.3, 0.4) is 0 Å². The highest BCUT2D eigenvalue weighted by atomic mass is 35.5. The molecule has 3 heterocycles. The summed E-state index contributed by atoms with van der Waals surface area (Å²) in [7, 11) is 0. The Balaban J connectivity index is 1.55. The molecule has 0 amide bonds. The quantitative estimate of drug-likeness (QED) is 0.171. The second-order valence-corrected chi connectivity index (χ2v) is 12.4. The molecular weight excluding hydrogens is 629 g/mol. The standard InChI is InChI=1S/C35H31Cl2N3O4S/c1-5-43-29-14-10-8-12-24(29)32-31(34(42)44-6-2)20(3)38-35-40(32)33(41)30(45-35)18-25-21(4)39(28-13-9-7-11-23(25)28)19-22-15-16-26(36)27(37)17-22/h7-18,32H,5-6,19H2,1-4H3/b30-18-/t32-/m1/s1. The molecule has 0 saturated heterocycles.